The number of carbonyl (C=O) groups excluding carboxylic acids is 1. The Hall–Kier alpha value is -3.52. The van der Waals surface area contributed by atoms with Gasteiger partial charge in [-0.05, 0) is 19.0 Å². The average Bonchev–Trinajstić information content (AvgIpc) is 3.42. The van der Waals surface area contributed by atoms with Crippen LogP contribution in [0.15, 0.2) is 64.0 Å². The van der Waals surface area contributed by atoms with Crippen LogP contribution in [0.2, 0.25) is 0 Å². The fraction of sp³-hybridized carbons (Fsp3) is 0.238. The molecule has 1 saturated heterocycles. The van der Waals surface area contributed by atoms with Crippen molar-refractivity contribution in [1.29, 1.82) is 0 Å². The van der Waals surface area contributed by atoms with Gasteiger partial charge in [0.2, 0.25) is 12.1 Å². The topological polar surface area (TPSA) is 104 Å². The molecule has 2 atom stereocenters. The molecule has 2 unspecified atom stereocenters. The summed E-state index contributed by atoms with van der Waals surface area (Å²) in [5.74, 6) is 0.487. The molecule has 8 nitrogen and oxygen atoms in total. The van der Waals surface area contributed by atoms with E-state index in [1.54, 1.807) is 0 Å². The monoisotopic (exact) mass is 388 g/mol. The maximum atomic E-state index is 12.8. The van der Waals surface area contributed by atoms with Gasteiger partial charge in [-0.2, -0.15) is 0 Å². The van der Waals surface area contributed by atoms with Gasteiger partial charge in [-0.1, -0.05) is 53.6 Å². The van der Waals surface area contributed by atoms with Crippen molar-refractivity contribution >= 4 is 23.3 Å². The molecule has 5 rings (SSSR count). The highest BCUT2D eigenvalue weighted by molar-refractivity contribution is 6.19. The molecule has 8 heteroatoms. The molecule has 29 heavy (non-hydrogen) atoms. The van der Waals surface area contributed by atoms with E-state index in [4.69, 9.17) is 9.41 Å². The van der Waals surface area contributed by atoms with Gasteiger partial charge in [-0.3, -0.25) is 4.79 Å². The van der Waals surface area contributed by atoms with E-state index in [-0.39, 0.29) is 17.8 Å². The Kier molecular flexibility index (Phi) is 4.53. The van der Waals surface area contributed by atoms with Gasteiger partial charge in [0.1, 0.15) is 0 Å². The molecule has 0 aliphatic carbocycles. The Morgan fingerprint density at radius 2 is 1.86 bits per heavy atom. The van der Waals surface area contributed by atoms with E-state index in [1.807, 2.05) is 54.6 Å². The van der Waals surface area contributed by atoms with Gasteiger partial charge in [0.25, 0.3) is 5.91 Å². The van der Waals surface area contributed by atoms with E-state index in [1.165, 1.54) is 0 Å². The van der Waals surface area contributed by atoms with Crippen LogP contribution in [-0.4, -0.2) is 41.1 Å². The third-order valence-electron chi connectivity index (χ3n) is 5.10. The molecule has 0 radical (unpaired) electrons. The number of benzene rings is 2. The van der Waals surface area contributed by atoms with Crippen molar-refractivity contribution in [2.24, 2.45) is 4.99 Å². The van der Waals surface area contributed by atoms with Crippen LogP contribution in [0.4, 0.5) is 11.7 Å². The predicted molar refractivity (Wildman–Crippen MR) is 109 cm³/mol. The highest BCUT2D eigenvalue weighted by atomic mass is 16.4. The highest BCUT2D eigenvalue weighted by Gasteiger charge is 2.28. The molecule has 1 aromatic heterocycles. The zero-order valence-electron chi connectivity index (χ0n) is 15.6. The zero-order valence-corrected chi connectivity index (χ0v) is 15.6. The molecular formula is C21H20N6O2. The summed E-state index contributed by atoms with van der Waals surface area (Å²) in [6.45, 7) is 1.75. The quantitative estimate of drug-likeness (QED) is 0.634. The first-order chi connectivity index (χ1) is 14.3. The van der Waals surface area contributed by atoms with Crippen molar-refractivity contribution in [2.45, 2.75) is 18.5 Å². The van der Waals surface area contributed by atoms with Gasteiger partial charge in [-0.15, -0.1) is 5.10 Å². The lowest BCUT2D eigenvalue weighted by Crippen LogP contribution is -2.32. The lowest BCUT2D eigenvalue weighted by atomic mass is 10.0. The van der Waals surface area contributed by atoms with Crippen LogP contribution >= 0.6 is 0 Å². The molecule has 0 spiro atoms. The molecule has 2 aliphatic heterocycles. The fourth-order valence-corrected chi connectivity index (χ4v) is 3.62. The molecular weight excluding hydrogens is 368 g/mol. The number of benzodiazepines with no additional fused rings is 1. The minimum atomic E-state index is -0.896. The molecule has 3 heterocycles. The van der Waals surface area contributed by atoms with Crippen LogP contribution in [0.1, 0.15) is 29.4 Å². The SMILES string of the molecule is O=C1Nc2ccccc2C(c2ccccc2)=NC1Nc1nnc(C2CCNC2)o1. The molecule has 0 saturated carbocycles. The number of nitrogens with one attached hydrogen (secondary N) is 3. The van der Waals surface area contributed by atoms with Crippen molar-refractivity contribution < 1.29 is 9.21 Å². The summed E-state index contributed by atoms with van der Waals surface area (Å²) < 4.78 is 5.75. The number of amides is 1. The molecule has 1 fully saturated rings. The van der Waals surface area contributed by atoms with E-state index in [9.17, 15) is 4.79 Å². The average molecular weight is 388 g/mol. The summed E-state index contributed by atoms with van der Waals surface area (Å²) in [4.78, 5) is 17.6. The largest absolute Gasteiger partial charge is 0.408 e. The van der Waals surface area contributed by atoms with Crippen molar-refractivity contribution in [1.82, 2.24) is 15.5 Å². The first-order valence-electron chi connectivity index (χ1n) is 9.62. The van der Waals surface area contributed by atoms with Gasteiger partial charge in [0, 0.05) is 17.7 Å². The molecule has 3 N–H and O–H groups in total. The lowest BCUT2D eigenvalue weighted by molar-refractivity contribution is -0.116. The maximum absolute atomic E-state index is 12.8. The lowest BCUT2D eigenvalue weighted by Gasteiger charge is -2.11. The number of para-hydroxylation sites is 1. The Morgan fingerprint density at radius 3 is 2.69 bits per heavy atom. The summed E-state index contributed by atoms with van der Waals surface area (Å²) in [6.07, 6.45) is 0.0598. The van der Waals surface area contributed by atoms with E-state index >= 15 is 0 Å². The first-order valence-corrected chi connectivity index (χ1v) is 9.62. The minimum Gasteiger partial charge on any atom is -0.408 e. The summed E-state index contributed by atoms with van der Waals surface area (Å²) in [5, 5.41) is 17.4. The van der Waals surface area contributed by atoms with Gasteiger partial charge < -0.3 is 20.4 Å². The summed E-state index contributed by atoms with van der Waals surface area (Å²) in [6, 6.07) is 17.6. The number of carbonyl (C=O) groups is 1. The molecule has 146 valence electrons. The second-order valence-electron chi connectivity index (χ2n) is 7.06. The predicted octanol–water partition coefficient (Wildman–Crippen LogP) is 2.37. The molecule has 3 aromatic rings. The van der Waals surface area contributed by atoms with Gasteiger partial charge in [-0.25, -0.2) is 4.99 Å². The van der Waals surface area contributed by atoms with Crippen LogP contribution in [-0.2, 0) is 4.79 Å². The molecule has 1 amide bonds. The Morgan fingerprint density at radius 1 is 1.03 bits per heavy atom. The highest BCUT2D eigenvalue weighted by Crippen LogP contribution is 2.26. The smallest absolute Gasteiger partial charge is 0.317 e. The third-order valence-corrected chi connectivity index (χ3v) is 5.10. The molecule has 2 aromatic carbocycles. The number of aromatic nitrogens is 2. The van der Waals surface area contributed by atoms with Crippen molar-refractivity contribution in [3.63, 3.8) is 0 Å². The fourth-order valence-electron chi connectivity index (χ4n) is 3.62. The van der Waals surface area contributed by atoms with Crippen LogP contribution in [0, 0.1) is 0 Å². The number of anilines is 2. The van der Waals surface area contributed by atoms with Gasteiger partial charge in [0.15, 0.2) is 0 Å². The van der Waals surface area contributed by atoms with Crippen LogP contribution in [0.25, 0.3) is 0 Å². The standard InChI is InChI=1S/C21H20N6O2/c28-19-18(25-21-27-26-20(29-21)14-10-11-22-12-14)24-17(13-6-2-1-3-7-13)15-8-4-5-9-16(15)23-19/h1-9,14,18,22H,10-12H2,(H,23,28)(H,25,27). The van der Waals surface area contributed by atoms with E-state index < -0.39 is 6.17 Å². The number of aliphatic imine (C=N–C) groups is 1. The first kappa shape index (κ1) is 17.6. The Bertz CT molecular complexity index is 1060. The van der Waals surface area contributed by atoms with Crippen molar-refractivity contribution in [3.8, 4) is 0 Å². The number of nitrogens with zero attached hydrogens (tertiary/aromatic N) is 3. The van der Waals surface area contributed by atoms with Crippen LogP contribution < -0.4 is 16.0 Å². The Labute approximate surface area is 167 Å². The minimum absolute atomic E-state index is 0.189. The van der Waals surface area contributed by atoms with E-state index in [2.05, 4.69) is 26.1 Å². The molecule has 0 bridgehead atoms. The third kappa shape index (κ3) is 3.50. The van der Waals surface area contributed by atoms with Crippen LogP contribution in [0.3, 0.4) is 0 Å². The summed E-state index contributed by atoms with van der Waals surface area (Å²) in [7, 11) is 0. The van der Waals surface area contributed by atoms with Crippen molar-refractivity contribution in [3.05, 3.63) is 71.6 Å². The van der Waals surface area contributed by atoms with Gasteiger partial charge in [0.05, 0.1) is 17.3 Å². The second-order valence-corrected chi connectivity index (χ2v) is 7.06. The van der Waals surface area contributed by atoms with Crippen LogP contribution in [0.5, 0.6) is 0 Å². The normalized spacial score (nSPS) is 21.1. The molecule has 2 aliphatic rings. The Balaban J connectivity index is 1.49. The van der Waals surface area contributed by atoms with E-state index in [0.29, 0.717) is 11.6 Å². The number of hydrogen-bond donors (Lipinski definition) is 3. The zero-order chi connectivity index (χ0) is 19.6. The van der Waals surface area contributed by atoms with Gasteiger partial charge >= 0.3 is 6.01 Å². The summed E-state index contributed by atoms with van der Waals surface area (Å²) in [5.41, 5.74) is 3.22. The number of fused-ring (bicyclic) bond motifs is 1. The number of rotatable bonds is 4. The maximum Gasteiger partial charge on any atom is 0.317 e. The summed E-state index contributed by atoms with van der Waals surface area (Å²) >= 11 is 0. The second kappa shape index (κ2) is 7.48. The van der Waals surface area contributed by atoms with Crippen molar-refractivity contribution in [2.75, 3.05) is 23.7 Å². The van der Waals surface area contributed by atoms with E-state index in [0.717, 1.165) is 36.3 Å². The number of hydrogen-bond acceptors (Lipinski definition) is 7.